The van der Waals surface area contributed by atoms with E-state index in [0.29, 0.717) is 0 Å². The first-order valence-corrected chi connectivity index (χ1v) is 9.49. The van der Waals surface area contributed by atoms with Gasteiger partial charge in [0, 0.05) is 6.54 Å². The van der Waals surface area contributed by atoms with Gasteiger partial charge in [0.1, 0.15) is 0 Å². The van der Waals surface area contributed by atoms with E-state index in [2.05, 4.69) is 12.2 Å². The van der Waals surface area contributed by atoms with Gasteiger partial charge < -0.3 is 11.1 Å². The predicted molar refractivity (Wildman–Crippen MR) is 96.5 cm³/mol. The summed E-state index contributed by atoms with van der Waals surface area (Å²) in [4.78, 5) is 0. The van der Waals surface area contributed by atoms with Crippen molar-refractivity contribution in [3.05, 3.63) is 12.3 Å². The van der Waals surface area contributed by atoms with Crippen molar-refractivity contribution in [1.82, 2.24) is 5.32 Å². The van der Waals surface area contributed by atoms with Crippen molar-refractivity contribution >= 4 is 0 Å². The molecule has 0 aromatic heterocycles. The van der Waals surface area contributed by atoms with Crippen molar-refractivity contribution in [3.8, 4) is 0 Å². The summed E-state index contributed by atoms with van der Waals surface area (Å²) in [6.45, 7) is 4.33. The largest absolute Gasteiger partial charge is 0.405 e. The first kappa shape index (κ1) is 20.5. The van der Waals surface area contributed by atoms with Crippen LogP contribution in [0.1, 0.15) is 96.8 Å². The zero-order chi connectivity index (χ0) is 15.4. The summed E-state index contributed by atoms with van der Waals surface area (Å²) in [5.74, 6) is 0. The molecule has 0 aromatic rings. The average molecular weight is 297 g/mol. The molecule has 0 fully saturated rings. The van der Waals surface area contributed by atoms with Gasteiger partial charge in [-0.3, -0.25) is 0 Å². The molecule has 0 aliphatic heterocycles. The molecule has 0 atom stereocenters. The molecule has 2 heteroatoms. The maximum absolute atomic E-state index is 5.27. The third-order valence-electron chi connectivity index (χ3n) is 4.11. The van der Waals surface area contributed by atoms with E-state index in [1.165, 1.54) is 89.9 Å². The fourth-order valence-electron chi connectivity index (χ4n) is 2.70. The summed E-state index contributed by atoms with van der Waals surface area (Å²) < 4.78 is 0. The van der Waals surface area contributed by atoms with Crippen LogP contribution in [0, 0.1) is 0 Å². The first-order valence-electron chi connectivity index (χ1n) is 9.49. The van der Waals surface area contributed by atoms with Gasteiger partial charge in [0.05, 0.1) is 0 Å². The second-order valence-electron chi connectivity index (χ2n) is 6.23. The van der Waals surface area contributed by atoms with Gasteiger partial charge in [0.15, 0.2) is 0 Å². The number of nitrogens with two attached hydrogens (primary N) is 1. The third kappa shape index (κ3) is 19.5. The van der Waals surface area contributed by atoms with Gasteiger partial charge in [-0.15, -0.1) is 0 Å². The van der Waals surface area contributed by atoms with Crippen LogP contribution in [0.15, 0.2) is 12.3 Å². The molecular formula is C19H40N2. The van der Waals surface area contributed by atoms with Crippen LogP contribution in [0.3, 0.4) is 0 Å². The van der Waals surface area contributed by atoms with Crippen LogP contribution in [0.25, 0.3) is 0 Å². The van der Waals surface area contributed by atoms with Crippen LogP contribution in [0.4, 0.5) is 0 Å². The van der Waals surface area contributed by atoms with Crippen molar-refractivity contribution in [1.29, 1.82) is 0 Å². The molecule has 0 amide bonds. The van der Waals surface area contributed by atoms with E-state index < -0.39 is 0 Å². The van der Waals surface area contributed by atoms with Crippen LogP contribution in [0.2, 0.25) is 0 Å². The van der Waals surface area contributed by atoms with Gasteiger partial charge in [-0.05, 0) is 19.2 Å². The highest BCUT2D eigenvalue weighted by atomic mass is 14.8. The minimum atomic E-state index is 0.912. The lowest BCUT2D eigenvalue weighted by Crippen LogP contribution is -2.15. The van der Waals surface area contributed by atoms with Crippen molar-refractivity contribution in [2.75, 3.05) is 13.1 Å². The second-order valence-corrected chi connectivity index (χ2v) is 6.23. The normalized spacial score (nSPS) is 11.5. The van der Waals surface area contributed by atoms with Gasteiger partial charge in [-0.25, -0.2) is 0 Å². The molecule has 2 nitrogen and oxygen atoms in total. The molecule has 3 N–H and O–H groups in total. The van der Waals surface area contributed by atoms with Gasteiger partial charge in [0.2, 0.25) is 0 Å². The zero-order valence-corrected chi connectivity index (χ0v) is 14.5. The zero-order valence-electron chi connectivity index (χ0n) is 14.5. The molecule has 0 spiro atoms. The maximum atomic E-state index is 5.27. The molecule has 126 valence electrons. The summed E-state index contributed by atoms with van der Waals surface area (Å²) in [5.41, 5.74) is 5.27. The Morgan fingerprint density at radius 1 is 0.667 bits per heavy atom. The molecule has 0 bridgehead atoms. The SMILES string of the molecule is CCCCCCCCCCCCCCCCNCC=CN. The standard InChI is InChI=1S/C19H40N2/c1-2-3-4-5-6-7-8-9-10-11-12-13-14-15-18-21-19-16-17-20/h16-17,21H,2-15,18-20H2,1H3. The Hall–Kier alpha value is -0.500. The first-order chi connectivity index (χ1) is 10.4. The molecule has 0 aliphatic carbocycles. The summed E-state index contributed by atoms with van der Waals surface area (Å²) in [6.07, 6.45) is 23.5. The van der Waals surface area contributed by atoms with Gasteiger partial charge in [-0.2, -0.15) is 0 Å². The highest BCUT2D eigenvalue weighted by Gasteiger charge is 1.93. The Bertz CT molecular complexity index is 202. The van der Waals surface area contributed by atoms with E-state index in [-0.39, 0.29) is 0 Å². The molecular weight excluding hydrogens is 256 g/mol. The minimum Gasteiger partial charge on any atom is -0.405 e. The Morgan fingerprint density at radius 2 is 1.10 bits per heavy atom. The lowest BCUT2D eigenvalue weighted by Gasteiger charge is -2.03. The predicted octanol–water partition coefficient (Wildman–Crippen LogP) is 5.53. The average Bonchev–Trinajstić information content (AvgIpc) is 2.50. The molecule has 0 unspecified atom stereocenters. The fourth-order valence-corrected chi connectivity index (χ4v) is 2.70. The summed E-state index contributed by atoms with van der Waals surface area (Å²) in [5, 5.41) is 3.36. The van der Waals surface area contributed by atoms with Gasteiger partial charge in [-0.1, -0.05) is 96.5 Å². The van der Waals surface area contributed by atoms with E-state index in [1.54, 1.807) is 6.20 Å². The second kappa shape index (κ2) is 19.5. The molecule has 0 aromatic carbocycles. The Morgan fingerprint density at radius 3 is 1.52 bits per heavy atom. The number of nitrogens with one attached hydrogen (secondary N) is 1. The van der Waals surface area contributed by atoms with Crippen LogP contribution >= 0.6 is 0 Å². The van der Waals surface area contributed by atoms with Crippen LogP contribution in [-0.2, 0) is 0 Å². The van der Waals surface area contributed by atoms with E-state index in [9.17, 15) is 0 Å². The number of rotatable bonds is 17. The topological polar surface area (TPSA) is 38.0 Å². The van der Waals surface area contributed by atoms with Crippen molar-refractivity contribution in [2.45, 2.75) is 96.8 Å². The molecule has 0 saturated heterocycles. The highest BCUT2D eigenvalue weighted by Crippen LogP contribution is 2.12. The summed E-state index contributed by atoms with van der Waals surface area (Å²) in [6, 6.07) is 0. The van der Waals surface area contributed by atoms with Crippen LogP contribution < -0.4 is 11.1 Å². The third-order valence-corrected chi connectivity index (χ3v) is 4.11. The number of hydrogen-bond donors (Lipinski definition) is 2. The highest BCUT2D eigenvalue weighted by molar-refractivity contribution is 4.77. The van der Waals surface area contributed by atoms with E-state index in [1.807, 2.05) is 6.08 Å². The van der Waals surface area contributed by atoms with Crippen molar-refractivity contribution in [2.24, 2.45) is 5.73 Å². The minimum absolute atomic E-state index is 0.912. The Kier molecular flexibility index (Phi) is 19.0. The quantitative estimate of drug-likeness (QED) is 0.346. The summed E-state index contributed by atoms with van der Waals surface area (Å²) >= 11 is 0. The molecule has 0 heterocycles. The molecule has 0 radical (unpaired) electrons. The molecule has 0 aliphatic rings. The van der Waals surface area contributed by atoms with Crippen LogP contribution in [0.5, 0.6) is 0 Å². The number of hydrogen-bond acceptors (Lipinski definition) is 2. The molecule has 0 rings (SSSR count). The monoisotopic (exact) mass is 296 g/mol. The number of unbranched alkanes of at least 4 members (excludes halogenated alkanes) is 13. The fraction of sp³-hybridized carbons (Fsp3) is 0.895. The van der Waals surface area contributed by atoms with Crippen LogP contribution in [-0.4, -0.2) is 13.1 Å². The Balaban J connectivity index is 2.93. The van der Waals surface area contributed by atoms with Crippen molar-refractivity contribution in [3.63, 3.8) is 0 Å². The van der Waals surface area contributed by atoms with E-state index in [0.717, 1.165) is 13.1 Å². The van der Waals surface area contributed by atoms with Crippen molar-refractivity contribution < 1.29 is 0 Å². The van der Waals surface area contributed by atoms with E-state index in [4.69, 9.17) is 5.73 Å². The van der Waals surface area contributed by atoms with E-state index >= 15 is 0 Å². The molecule has 0 saturated carbocycles. The summed E-state index contributed by atoms with van der Waals surface area (Å²) in [7, 11) is 0. The van der Waals surface area contributed by atoms with Gasteiger partial charge in [0.25, 0.3) is 0 Å². The lowest BCUT2D eigenvalue weighted by atomic mass is 10.0. The smallest absolute Gasteiger partial charge is 0.0151 e. The van der Waals surface area contributed by atoms with Gasteiger partial charge >= 0.3 is 0 Å². The lowest BCUT2D eigenvalue weighted by molar-refractivity contribution is 0.532. The maximum Gasteiger partial charge on any atom is 0.0151 e. The molecule has 21 heavy (non-hydrogen) atoms. The Labute approximate surface area is 134 Å².